The van der Waals surface area contributed by atoms with Gasteiger partial charge in [-0.1, -0.05) is 45.4 Å². The molecular weight excluding hydrogens is 432 g/mol. The number of aryl methyl sites for hydroxylation is 1. The van der Waals surface area contributed by atoms with E-state index in [-0.39, 0.29) is 23.3 Å². The Labute approximate surface area is 190 Å². The molecule has 8 nitrogen and oxygen atoms in total. The van der Waals surface area contributed by atoms with Gasteiger partial charge in [-0.3, -0.25) is 9.59 Å². The van der Waals surface area contributed by atoms with Gasteiger partial charge in [-0.15, -0.1) is 0 Å². The number of ether oxygens (including phenoxy) is 1. The van der Waals surface area contributed by atoms with Crippen LogP contribution in [0.2, 0.25) is 0 Å². The Morgan fingerprint density at radius 1 is 1.19 bits per heavy atom. The van der Waals surface area contributed by atoms with Crippen molar-refractivity contribution in [3.63, 3.8) is 0 Å². The quantitative estimate of drug-likeness (QED) is 0.557. The number of esters is 1. The van der Waals surface area contributed by atoms with Crippen LogP contribution in [-0.4, -0.2) is 67.8 Å². The summed E-state index contributed by atoms with van der Waals surface area (Å²) in [4.78, 5) is 39.6. The van der Waals surface area contributed by atoms with Gasteiger partial charge in [-0.2, -0.15) is 0 Å². The summed E-state index contributed by atoms with van der Waals surface area (Å²) in [6.45, 7) is 9.18. The Hall–Kier alpha value is -2.42. The average molecular weight is 467 g/mol. The highest BCUT2D eigenvalue weighted by Crippen LogP contribution is 2.19. The molecule has 1 aliphatic heterocycles. The highest BCUT2D eigenvalue weighted by Gasteiger charge is 2.35. The number of hydrogen-bond donors (Lipinski definition) is 1. The van der Waals surface area contributed by atoms with E-state index in [1.165, 1.54) is 4.90 Å². The van der Waals surface area contributed by atoms with Crippen molar-refractivity contribution in [2.24, 2.45) is 11.8 Å². The predicted molar refractivity (Wildman–Crippen MR) is 122 cm³/mol. The van der Waals surface area contributed by atoms with E-state index in [1.807, 2.05) is 26.8 Å². The molecule has 0 aliphatic carbocycles. The zero-order valence-corrected chi connectivity index (χ0v) is 20.3. The standard InChI is InChI=1S/C23H34N2O6S/c1-15(2)12-25(19-9-10-32(29,30)14-19)20(26)13-31-23(28)21(16(3)4)24-22(27)18-8-6-7-17(5)11-18/h6-8,11,15-16,19,21H,9-10,12-14H2,1-5H3,(H,24,27). The zero-order valence-electron chi connectivity index (χ0n) is 19.5. The molecule has 1 heterocycles. The minimum Gasteiger partial charge on any atom is -0.454 e. The zero-order chi connectivity index (χ0) is 24.1. The molecule has 1 fully saturated rings. The van der Waals surface area contributed by atoms with E-state index in [9.17, 15) is 22.8 Å². The van der Waals surface area contributed by atoms with Gasteiger partial charge in [-0.25, -0.2) is 13.2 Å². The molecule has 1 aliphatic rings. The highest BCUT2D eigenvalue weighted by molar-refractivity contribution is 7.91. The Morgan fingerprint density at radius 2 is 1.88 bits per heavy atom. The van der Waals surface area contributed by atoms with Crippen LogP contribution in [0.4, 0.5) is 0 Å². The molecule has 2 amide bonds. The van der Waals surface area contributed by atoms with Crippen molar-refractivity contribution in [2.45, 2.75) is 53.1 Å². The minimum absolute atomic E-state index is 0.0553. The SMILES string of the molecule is Cc1cccc(C(=O)NC(C(=O)OCC(=O)N(CC(C)C)C2CCS(=O)(=O)C2)C(C)C)c1. The normalized spacial score (nSPS) is 18.4. The summed E-state index contributed by atoms with van der Waals surface area (Å²) in [6, 6.07) is 5.69. The summed E-state index contributed by atoms with van der Waals surface area (Å²) >= 11 is 0. The number of nitrogens with one attached hydrogen (secondary N) is 1. The second-order valence-corrected chi connectivity index (χ2v) is 11.4. The molecule has 1 aromatic carbocycles. The lowest BCUT2D eigenvalue weighted by atomic mass is 10.0. The van der Waals surface area contributed by atoms with Gasteiger partial charge >= 0.3 is 5.97 Å². The third-order valence-electron chi connectivity index (χ3n) is 5.36. The van der Waals surface area contributed by atoms with E-state index in [1.54, 1.807) is 32.0 Å². The lowest BCUT2D eigenvalue weighted by Crippen LogP contribution is -2.48. The van der Waals surface area contributed by atoms with E-state index in [4.69, 9.17) is 4.74 Å². The van der Waals surface area contributed by atoms with Crippen molar-refractivity contribution in [2.75, 3.05) is 24.7 Å². The van der Waals surface area contributed by atoms with Crippen LogP contribution in [0.25, 0.3) is 0 Å². The van der Waals surface area contributed by atoms with Gasteiger partial charge in [0.25, 0.3) is 11.8 Å². The molecule has 178 valence electrons. The van der Waals surface area contributed by atoms with Crippen molar-refractivity contribution < 1.29 is 27.5 Å². The molecular formula is C23H34N2O6S. The maximum atomic E-state index is 12.8. The van der Waals surface area contributed by atoms with E-state index in [2.05, 4.69) is 5.32 Å². The molecule has 2 atom stereocenters. The van der Waals surface area contributed by atoms with Gasteiger partial charge < -0.3 is 15.0 Å². The van der Waals surface area contributed by atoms with Gasteiger partial charge in [0.15, 0.2) is 16.4 Å². The van der Waals surface area contributed by atoms with Gasteiger partial charge in [-0.05, 0) is 37.3 Å². The van der Waals surface area contributed by atoms with Crippen LogP contribution >= 0.6 is 0 Å². The fraction of sp³-hybridized carbons (Fsp3) is 0.609. The van der Waals surface area contributed by atoms with Crippen molar-refractivity contribution in [1.82, 2.24) is 10.2 Å². The van der Waals surface area contributed by atoms with Gasteiger partial charge in [0, 0.05) is 18.2 Å². The molecule has 1 aromatic rings. The first kappa shape index (κ1) is 25.8. The van der Waals surface area contributed by atoms with Crippen LogP contribution in [-0.2, 0) is 24.2 Å². The molecule has 1 saturated heterocycles. The molecule has 2 unspecified atom stereocenters. The summed E-state index contributed by atoms with van der Waals surface area (Å²) in [5, 5.41) is 2.69. The number of carbonyl (C=O) groups is 3. The lowest BCUT2D eigenvalue weighted by Gasteiger charge is -2.30. The van der Waals surface area contributed by atoms with Crippen LogP contribution in [0.15, 0.2) is 24.3 Å². The summed E-state index contributed by atoms with van der Waals surface area (Å²) < 4.78 is 29.0. The number of rotatable bonds is 9. The first-order valence-electron chi connectivity index (χ1n) is 10.9. The van der Waals surface area contributed by atoms with Gasteiger partial charge in [0.1, 0.15) is 6.04 Å². The number of sulfone groups is 1. The Bertz CT molecular complexity index is 942. The molecule has 0 bridgehead atoms. The van der Waals surface area contributed by atoms with Crippen LogP contribution in [0.5, 0.6) is 0 Å². The maximum absolute atomic E-state index is 12.8. The van der Waals surface area contributed by atoms with Gasteiger partial charge in [0.05, 0.1) is 11.5 Å². The lowest BCUT2D eigenvalue weighted by molar-refractivity contribution is -0.155. The van der Waals surface area contributed by atoms with Crippen LogP contribution in [0.1, 0.15) is 50.0 Å². The van der Waals surface area contributed by atoms with Crippen LogP contribution in [0, 0.1) is 18.8 Å². The van der Waals surface area contributed by atoms with Crippen molar-refractivity contribution >= 4 is 27.6 Å². The van der Waals surface area contributed by atoms with Crippen molar-refractivity contribution in [1.29, 1.82) is 0 Å². The van der Waals surface area contributed by atoms with Crippen LogP contribution < -0.4 is 5.32 Å². The van der Waals surface area contributed by atoms with E-state index in [0.717, 1.165) is 5.56 Å². The second-order valence-electron chi connectivity index (χ2n) is 9.17. The van der Waals surface area contributed by atoms with E-state index in [0.29, 0.717) is 18.5 Å². The fourth-order valence-electron chi connectivity index (χ4n) is 3.68. The molecule has 9 heteroatoms. The first-order valence-corrected chi connectivity index (χ1v) is 12.8. The Balaban J connectivity index is 2.02. The molecule has 0 radical (unpaired) electrons. The first-order chi connectivity index (χ1) is 14.9. The third kappa shape index (κ3) is 7.32. The number of amides is 2. The van der Waals surface area contributed by atoms with E-state index >= 15 is 0 Å². The number of carbonyl (C=O) groups excluding carboxylic acids is 3. The molecule has 32 heavy (non-hydrogen) atoms. The summed E-state index contributed by atoms with van der Waals surface area (Å²) in [6.07, 6.45) is 0.385. The number of benzene rings is 1. The summed E-state index contributed by atoms with van der Waals surface area (Å²) in [5.74, 6) is -1.65. The van der Waals surface area contributed by atoms with Crippen LogP contribution in [0.3, 0.4) is 0 Å². The van der Waals surface area contributed by atoms with Gasteiger partial charge in [0.2, 0.25) is 0 Å². The summed E-state index contributed by atoms with van der Waals surface area (Å²) in [7, 11) is -3.16. The number of nitrogens with zero attached hydrogens (tertiary/aromatic N) is 1. The highest BCUT2D eigenvalue weighted by atomic mass is 32.2. The van der Waals surface area contributed by atoms with Crippen molar-refractivity contribution in [3.05, 3.63) is 35.4 Å². The van der Waals surface area contributed by atoms with Crippen molar-refractivity contribution in [3.8, 4) is 0 Å². The minimum atomic E-state index is -3.16. The number of hydrogen-bond acceptors (Lipinski definition) is 6. The third-order valence-corrected chi connectivity index (χ3v) is 7.11. The summed E-state index contributed by atoms with van der Waals surface area (Å²) in [5.41, 5.74) is 1.36. The molecule has 0 aromatic heterocycles. The second kappa shape index (κ2) is 10.9. The Morgan fingerprint density at radius 3 is 2.41 bits per heavy atom. The average Bonchev–Trinajstić information content (AvgIpc) is 3.06. The molecule has 1 N–H and O–H groups in total. The fourth-order valence-corrected chi connectivity index (χ4v) is 5.41. The topological polar surface area (TPSA) is 110 Å². The smallest absolute Gasteiger partial charge is 0.329 e. The Kier molecular flexibility index (Phi) is 8.83. The monoisotopic (exact) mass is 466 g/mol. The molecule has 0 saturated carbocycles. The van der Waals surface area contributed by atoms with E-state index < -0.39 is 46.3 Å². The molecule has 2 rings (SSSR count). The largest absolute Gasteiger partial charge is 0.454 e. The maximum Gasteiger partial charge on any atom is 0.329 e. The molecule has 0 spiro atoms. The predicted octanol–water partition coefficient (Wildman–Crippen LogP) is 1.96.